The molecule has 1 heterocycles. The summed E-state index contributed by atoms with van der Waals surface area (Å²) in [5.41, 5.74) is 6.85. The lowest BCUT2D eigenvalue weighted by Crippen LogP contribution is -2.14. The molecule has 6 heteroatoms. The van der Waals surface area contributed by atoms with Gasteiger partial charge in [0.1, 0.15) is 17.2 Å². The van der Waals surface area contributed by atoms with Crippen LogP contribution in [0.5, 0.6) is 17.2 Å². The number of ether oxygens (including phenoxy) is 2. The van der Waals surface area contributed by atoms with Crippen molar-refractivity contribution in [2.45, 2.75) is 6.92 Å². The third kappa shape index (κ3) is 2.80. The molecule has 2 aromatic rings. The summed E-state index contributed by atoms with van der Waals surface area (Å²) in [5, 5.41) is 11.8. The van der Waals surface area contributed by atoms with E-state index in [9.17, 15) is 0 Å². The Labute approximate surface area is 116 Å². The molecule has 104 valence electrons. The summed E-state index contributed by atoms with van der Waals surface area (Å²) in [6.07, 6.45) is 1.68. The molecular formula is C14H15N3O3. The maximum atomic E-state index is 8.82. The van der Waals surface area contributed by atoms with Crippen LogP contribution in [0.3, 0.4) is 0 Å². The minimum absolute atomic E-state index is 0.0378. The van der Waals surface area contributed by atoms with Gasteiger partial charge in [0, 0.05) is 12.3 Å². The van der Waals surface area contributed by atoms with E-state index in [1.165, 1.54) is 0 Å². The molecule has 2 rings (SSSR count). The highest BCUT2D eigenvalue weighted by Crippen LogP contribution is 2.30. The molecule has 0 fully saturated rings. The summed E-state index contributed by atoms with van der Waals surface area (Å²) >= 11 is 0. The Morgan fingerprint density at radius 1 is 1.30 bits per heavy atom. The van der Waals surface area contributed by atoms with Crippen molar-refractivity contribution < 1.29 is 14.7 Å². The van der Waals surface area contributed by atoms with Crippen LogP contribution >= 0.6 is 0 Å². The Kier molecular flexibility index (Phi) is 4.05. The van der Waals surface area contributed by atoms with Crippen molar-refractivity contribution >= 4 is 5.84 Å². The van der Waals surface area contributed by atoms with E-state index in [1.54, 1.807) is 43.6 Å². The highest BCUT2D eigenvalue weighted by Gasteiger charge is 2.12. The lowest BCUT2D eigenvalue weighted by Gasteiger charge is -2.12. The molecule has 6 nitrogen and oxygen atoms in total. The summed E-state index contributed by atoms with van der Waals surface area (Å²) in [7, 11) is 1.55. The molecule has 1 aromatic carbocycles. The van der Waals surface area contributed by atoms with E-state index in [-0.39, 0.29) is 5.84 Å². The second-order valence-corrected chi connectivity index (χ2v) is 4.04. The Balaban J connectivity index is 2.46. The van der Waals surface area contributed by atoms with Gasteiger partial charge in [0.15, 0.2) is 5.84 Å². The summed E-state index contributed by atoms with van der Waals surface area (Å²) in [4.78, 5) is 4.15. The third-order valence-electron chi connectivity index (χ3n) is 2.75. The van der Waals surface area contributed by atoms with Crippen LogP contribution in [-0.4, -0.2) is 23.1 Å². The molecule has 0 aliphatic rings. The number of pyridine rings is 1. The lowest BCUT2D eigenvalue weighted by atomic mass is 10.1. The van der Waals surface area contributed by atoms with Gasteiger partial charge in [-0.1, -0.05) is 5.16 Å². The van der Waals surface area contributed by atoms with Crippen LogP contribution in [-0.2, 0) is 0 Å². The molecular weight excluding hydrogens is 258 g/mol. The third-order valence-corrected chi connectivity index (χ3v) is 2.75. The van der Waals surface area contributed by atoms with Crippen molar-refractivity contribution in [3.05, 3.63) is 47.8 Å². The van der Waals surface area contributed by atoms with Crippen LogP contribution < -0.4 is 15.2 Å². The summed E-state index contributed by atoms with van der Waals surface area (Å²) in [6, 6.07) is 8.59. The summed E-state index contributed by atoms with van der Waals surface area (Å²) in [5.74, 6) is 1.59. The Bertz CT molecular complexity index is 641. The predicted molar refractivity (Wildman–Crippen MR) is 74.6 cm³/mol. The molecule has 1 aromatic heterocycles. The zero-order chi connectivity index (χ0) is 14.5. The normalized spacial score (nSPS) is 11.2. The van der Waals surface area contributed by atoms with Crippen LogP contribution in [0, 0.1) is 6.92 Å². The Morgan fingerprint density at radius 3 is 2.75 bits per heavy atom. The molecule has 0 saturated carbocycles. The number of rotatable bonds is 4. The Hall–Kier alpha value is -2.76. The van der Waals surface area contributed by atoms with Gasteiger partial charge in [0.2, 0.25) is 0 Å². The van der Waals surface area contributed by atoms with Gasteiger partial charge < -0.3 is 20.4 Å². The van der Waals surface area contributed by atoms with Gasteiger partial charge in [-0.3, -0.25) is 4.98 Å². The lowest BCUT2D eigenvalue weighted by molar-refractivity contribution is 0.318. The van der Waals surface area contributed by atoms with Crippen LogP contribution in [0.15, 0.2) is 41.7 Å². The maximum Gasteiger partial charge on any atom is 0.173 e. The number of aromatic nitrogens is 1. The molecule has 0 saturated heterocycles. The van der Waals surface area contributed by atoms with Gasteiger partial charge in [0.25, 0.3) is 0 Å². The minimum Gasteiger partial charge on any atom is -0.497 e. The minimum atomic E-state index is -0.0378. The van der Waals surface area contributed by atoms with Gasteiger partial charge >= 0.3 is 0 Å². The number of hydrogen-bond acceptors (Lipinski definition) is 5. The predicted octanol–water partition coefficient (Wildman–Crippen LogP) is 2.29. The fourth-order valence-corrected chi connectivity index (χ4v) is 1.68. The number of methoxy groups -OCH3 is 1. The quantitative estimate of drug-likeness (QED) is 0.386. The number of nitrogens with two attached hydrogens (primary N) is 1. The average molecular weight is 273 g/mol. The van der Waals surface area contributed by atoms with E-state index >= 15 is 0 Å². The van der Waals surface area contributed by atoms with Crippen molar-refractivity contribution in [3.63, 3.8) is 0 Å². The van der Waals surface area contributed by atoms with Crippen molar-refractivity contribution in [1.82, 2.24) is 4.98 Å². The van der Waals surface area contributed by atoms with Gasteiger partial charge in [0.05, 0.1) is 18.4 Å². The smallest absolute Gasteiger partial charge is 0.173 e. The highest BCUT2D eigenvalue weighted by molar-refractivity contribution is 5.99. The Morgan fingerprint density at radius 2 is 2.10 bits per heavy atom. The molecule has 0 atom stereocenters. The monoisotopic (exact) mass is 273 g/mol. The van der Waals surface area contributed by atoms with E-state index in [0.717, 1.165) is 5.69 Å². The molecule has 0 radical (unpaired) electrons. The molecule has 0 aliphatic carbocycles. The van der Waals surface area contributed by atoms with Gasteiger partial charge in [-0.25, -0.2) is 0 Å². The topological polar surface area (TPSA) is 90.0 Å². The van der Waals surface area contributed by atoms with E-state index in [0.29, 0.717) is 22.8 Å². The second-order valence-electron chi connectivity index (χ2n) is 4.04. The van der Waals surface area contributed by atoms with Crippen LogP contribution in [0.4, 0.5) is 0 Å². The van der Waals surface area contributed by atoms with E-state index < -0.39 is 0 Å². The van der Waals surface area contributed by atoms with Crippen molar-refractivity contribution in [3.8, 4) is 17.2 Å². The largest absolute Gasteiger partial charge is 0.497 e. The summed E-state index contributed by atoms with van der Waals surface area (Å²) in [6.45, 7) is 1.83. The molecule has 0 amide bonds. The number of oxime groups is 1. The van der Waals surface area contributed by atoms with Gasteiger partial charge in [-0.15, -0.1) is 0 Å². The molecule has 20 heavy (non-hydrogen) atoms. The van der Waals surface area contributed by atoms with E-state index in [4.69, 9.17) is 20.4 Å². The van der Waals surface area contributed by atoms with Gasteiger partial charge in [-0.05, 0) is 31.2 Å². The van der Waals surface area contributed by atoms with Crippen molar-refractivity contribution in [2.75, 3.05) is 7.11 Å². The SMILES string of the molecule is COc1ccc(/C(N)=N/O)c(Oc2cccnc2C)c1. The first-order valence-corrected chi connectivity index (χ1v) is 5.91. The fourth-order valence-electron chi connectivity index (χ4n) is 1.68. The number of nitrogens with zero attached hydrogens (tertiary/aromatic N) is 2. The maximum absolute atomic E-state index is 8.82. The molecule has 0 bridgehead atoms. The summed E-state index contributed by atoms with van der Waals surface area (Å²) < 4.78 is 10.9. The van der Waals surface area contributed by atoms with Crippen LogP contribution in [0.1, 0.15) is 11.3 Å². The van der Waals surface area contributed by atoms with Crippen molar-refractivity contribution in [1.29, 1.82) is 0 Å². The van der Waals surface area contributed by atoms with Crippen LogP contribution in [0.2, 0.25) is 0 Å². The van der Waals surface area contributed by atoms with E-state index in [1.807, 2.05) is 6.92 Å². The highest BCUT2D eigenvalue weighted by atomic mass is 16.5. The fraction of sp³-hybridized carbons (Fsp3) is 0.143. The first-order chi connectivity index (χ1) is 9.65. The van der Waals surface area contributed by atoms with E-state index in [2.05, 4.69) is 10.1 Å². The average Bonchev–Trinajstić information content (AvgIpc) is 2.48. The zero-order valence-corrected chi connectivity index (χ0v) is 11.2. The van der Waals surface area contributed by atoms with Crippen molar-refractivity contribution in [2.24, 2.45) is 10.9 Å². The number of hydrogen-bond donors (Lipinski definition) is 2. The second kappa shape index (κ2) is 5.92. The first kappa shape index (κ1) is 13.7. The molecule has 0 aliphatic heterocycles. The standard InChI is InChI=1S/C14H15N3O3/c1-9-12(4-3-7-16-9)20-13-8-10(19-2)5-6-11(13)14(15)17-18/h3-8,18H,1-2H3,(H2,15,17). The molecule has 0 unspecified atom stereocenters. The molecule has 3 N–H and O–H groups in total. The van der Waals surface area contributed by atoms with Gasteiger partial charge in [-0.2, -0.15) is 0 Å². The number of benzene rings is 1. The first-order valence-electron chi connectivity index (χ1n) is 5.91. The number of aryl methyl sites for hydroxylation is 1. The zero-order valence-electron chi connectivity index (χ0n) is 11.2. The molecule has 0 spiro atoms. The number of amidine groups is 1. The van der Waals surface area contributed by atoms with Crippen LogP contribution in [0.25, 0.3) is 0 Å².